The number of ether oxygens (including phenoxy) is 1. The Morgan fingerprint density at radius 2 is 1.68 bits per heavy atom. The summed E-state index contributed by atoms with van der Waals surface area (Å²) in [4.78, 5) is 24.5. The number of carbonyl (C=O) groups is 2. The highest BCUT2D eigenvalue weighted by atomic mass is 16.5. The van der Waals surface area contributed by atoms with Crippen LogP contribution in [0.1, 0.15) is 50.5 Å². The van der Waals surface area contributed by atoms with Crippen molar-refractivity contribution in [1.82, 2.24) is 16.0 Å². The quantitative estimate of drug-likeness (QED) is 0.675. The smallest absolute Gasteiger partial charge is 0.315 e. The summed E-state index contributed by atoms with van der Waals surface area (Å²) in [7, 11) is 1.62. The molecule has 0 heterocycles. The lowest BCUT2D eigenvalue weighted by Gasteiger charge is -2.56. The molecular formula is C22H31N3O3. The molecule has 1 aromatic rings. The van der Waals surface area contributed by atoms with Crippen LogP contribution in [0.5, 0.6) is 5.75 Å². The van der Waals surface area contributed by atoms with E-state index in [-0.39, 0.29) is 23.9 Å². The van der Waals surface area contributed by atoms with Gasteiger partial charge in [0.1, 0.15) is 5.75 Å². The molecule has 0 atom stereocenters. The number of para-hydroxylation sites is 1. The number of methoxy groups -OCH3 is 1. The van der Waals surface area contributed by atoms with Crippen LogP contribution in [0.3, 0.4) is 0 Å². The molecule has 28 heavy (non-hydrogen) atoms. The predicted molar refractivity (Wildman–Crippen MR) is 107 cm³/mol. The van der Waals surface area contributed by atoms with Crippen LogP contribution in [-0.2, 0) is 11.3 Å². The standard InChI is InChI=1S/C22H31N3O3/c1-28-19-5-3-2-4-18(19)14-24-20(26)6-7-23-21(27)25-22-11-15-8-16(12-22)10-17(9-15)13-22/h2-5,15-17H,6-14H2,1H3,(H,24,26)(H2,23,25,27). The van der Waals surface area contributed by atoms with E-state index in [4.69, 9.17) is 4.74 Å². The monoisotopic (exact) mass is 385 g/mol. The summed E-state index contributed by atoms with van der Waals surface area (Å²) in [5, 5.41) is 9.03. The van der Waals surface area contributed by atoms with Crippen LogP contribution in [0.25, 0.3) is 0 Å². The third-order valence-corrected chi connectivity index (χ3v) is 6.72. The third-order valence-electron chi connectivity index (χ3n) is 6.72. The minimum Gasteiger partial charge on any atom is -0.496 e. The third kappa shape index (κ3) is 4.26. The lowest BCUT2D eigenvalue weighted by molar-refractivity contribution is -0.121. The maximum Gasteiger partial charge on any atom is 0.315 e. The second-order valence-electron chi connectivity index (χ2n) is 8.92. The molecule has 3 amide bonds. The van der Waals surface area contributed by atoms with Crippen molar-refractivity contribution in [3.8, 4) is 5.75 Å². The SMILES string of the molecule is COc1ccccc1CNC(=O)CCNC(=O)NC12CC3CC(CC(C3)C1)C2. The first-order valence-electron chi connectivity index (χ1n) is 10.5. The predicted octanol–water partition coefficient (Wildman–Crippen LogP) is 2.97. The van der Waals surface area contributed by atoms with Gasteiger partial charge in [-0.05, 0) is 62.3 Å². The van der Waals surface area contributed by atoms with E-state index in [1.165, 1.54) is 19.3 Å². The van der Waals surface area contributed by atoms with E-state index in [0.29, 0.717) is 13.1 Å². The van der Waals surface area contributed by atoms with Gasteiger partial charge in [0.25, 0.3) is 0 Å². The minimum absolute atomic E-state index is 0.00492. The van der Waals surface area contributed by atoms with E-state index in [0.717, 1.165) is 48.3 Å². The van der Waals surface area contributed by atoms with Gasteiger partial charge in [0.05, 0.1) is 7.11 Å². The molecule has 152 valence electrons. The Labute approximate surface area is 166 Å². The normalized spacial score (nSPS) is 30.0. The largest absolute Gasteiger partial charge is 0.496 e. The van der Waals surface area contributed by atoms with Crippen molar-refractivity contribution in [2.45, 2.75) is 57.0 Å². The topological polar surface area (TPSA) is 79.5 Å². The first kappa shape index (κ1) is 19.1. The van der Waals surface area contributed by atoms with Crippen molar-refractivity contribution in [3.63, 3.8) is 0 Å². The van der Waals surface area contributed by atoms with Crippen LogP contribution in [0.2, 0.25) is 0 Å². The zero-order chi connectivity index (χ0) is 19.6. The van der Waals surface area contributed by atoms with E-state index in [9.17, 15) is 9.59 Å². The van der Waals surface area contributed by atoms with Crippen molar-refractivity contribution >= 4 is 11.9 Å². The summed E-state index contributed by atoms with van der Waals surface area (Å²) >= 11 is 0. The van der Waals surface area contributed by atoms with E-state index >= 15 is 0 Å². The van der Waals surface area contributed by atoms with Crippen molar-refractivity contribution < 1.29 is 14.3 Å². The number of hydrogen-bond donors (Lipinski definition) is 3. The van der Waals surface area contributed by atoms with Crippen LogP contribution in [0.4, 0.5) is 4.79 Å². The zero-order valence-electron chi connectivity index (χ0n) is 16.6. The average Bonchev–Trinajstić information content (AvgIpc) is 2.65. The fraction of sp³-hybridized carbons (Fsp3) is 0.636. The van der Waals surface area contributed by atoms with Crippen molar-refractivity contribution in [2.75, 3.05) is 13.7 Å². The van der Waals surface area contributed by atoms with E-state index < -0.39 is 0 Å². The number of nitrogens with one attached hydrogen (secondary N) is 3. The van der Waals surface area contributed by atoms with Crippen LogP contribution < -0.4 is 20.7 Å². The van der Waals surface area contributed by atoms with E-state index in [2.05, 4.69) is 16.0 Å². The molecule has 4 aliphatic rings. The van der Waals surface area contributed by atoms with Crippen molar-refractivity contribution in [1.29, 1.82) is 0 Å². The maximum atomic E-state index is 12.4. The van der Waals surface area contributed by atoms with Gasteiger partial charge >= 0.3 is 6.03 Å². The summed E-state index contributed by atoms with van der Waals surface area (Å²) in [6.45, 7) is 0.762. The van der Waals surface area contributed by atoms with Crippen molar-refractivity contribution in [2.24, 2.45) is 17.8 Å². The molecule has 0 spiro atoms. The second kappa shape index (κ2) is 8.02. The first-order chi connectivity index (χ1) is 13.5. The summed E-state index contributed by atoms with van der Waals surface area (Å²) in [5.74, 6) is 3.07. The number of amides is 3. The minimum atomic E-state index is -0.125. The number of benzene rings is 1. The molecule has 4 bridgehead atoms. The Morgan fingerprint density at radius 3 is 2.32 bits per heavy atom. The lowest BCUT2D eigenvalue weighted by atomic mass is 9.53. The Morgan fingerprint density at radius 1 is 1.04 bits per heavy atom. The zero-order valence-corrected chi connectivity index (χ0v) is 16.6. The molecule has 0 unspecified atom stereocenters. The fourth-order valence-corrected chi connectivity index (χ4v) is 5.97. The van der Waals surface area contributed by atoms with Gasteiger partial charge in [-0.3, -0.25) is 4.79 Å². The number of carbonyl (C=O) groups excluding carboxylic acids is 2. The number of rotatable bonds is 7. The molecule has 5 rings (SSSR count). The Balaban J connectivity index is 1.18. The maximum absolute atomic E-state index is 12.4. The molecular weight excluding hydrogens is 354 g/mol. The van der Waals surface area contributed by atoms with Gasteiger partial charge in [0, 0.05) is 30.6 Å². The van der Waals surface area contributed by atoms with Gasteiger partial charge in [0.15, 0.2) is 0 Å². The second-order valence-corrected chi connectivity index (χ2v) is 8.92. The molecule has 6 nitrogen and oxygen atoms in total. The lowest BCUT2D eigenvalue weighted by Crippen LogP contribution is -2.61. The summed E-state index contributed by atoms with van der Waals surface area (Å²) in [6.07, 6.45) is 7.73. The molecule has 3 N–H and O–H groups in total. The summed E-state index contributed by atoms with van der Waals surface area (Å²) in [6, 6.07) is 7.49. The molecule has 6 heteroatoms. The van der Waals surface area contributed by atoms with Crippen LogP contribution in [-0.4, -0.2) is 31.1 Å². The highest BCUT2D eigenvalue weighted by Crippen LogP contribution is 2.55. The van der Waals surface area contributed by atoms with Gasteiger partial charge in [-0.1, -0.05) is 18.2 Å². The first-order valence-corrected chi connectivity index (χ1v) is 10.5. The Kier molecular flexibility index (Phi) is 5.47. The molecule has 4 aliphatic carbocycles. The van der Waals surface area contributed by atoms with Gasteiger partial charge in [-0.25, -0.2) is 4.79 Å². The Hall–Kier alpha value is -2.24. The molecule has 0 saturated heterocycles. The number of hydrogen-bond acceptors (Lipinski definition) is 3. The summed E-state index contributed by atoms with van der Waals surface area (Å²) < 4.78 is 5.29. The fourth-order valence-electron chi connectivity index (χ4n) is 5.97. The summed E-state index contributed by atoms with van der Waals surface area (Å²) in [5.41, 5.74) is 0.941. The molecule has 0 aliphatic heterocycles. The van der Waals surface area contributed by atoms with Crippen molar-refractivity contribution in [3.05, 3.63) is 29.8 Å². The van der Waals surface area contributed by atoms with Gasteiger partial charge in [-0.15, -0.1) is 0 Å². The van der Waals surface area contributed by atoms with Crippen LogP contribution >= 0.6 is 0 Å². The molecule has 1 aromatic carbocycles. The molecule has 0 aromatic heterocycles. The highest BCUT2D eigenvalue weighted by molar-refractivity contribution is 5.78. The van der Waals surface area contributed by atoms with Crippen LogP contribution in [0, 0.1) is 17.8 Å². The molecule has 4 fully saturated rings. The highest BCUT2D eigenvalue weighted by Gasteiger charge is 2.51. The number of urea groups is 1. The van der Waals surface area contributed by atoms with Gasteiger partial charge < -0.3 is 20.7 Å². The van der Waals surface area contributed by atoms with Gasteiger partial charge in [0.2, 0.25) is 5.91 Å². The molecule has 0 radical (unpaired) electrons. The van der Waals surface area contributed by atoms with Crippen LogP contribution in [0.15, 0.2) is 24.3 Å². The average molecular weight is 386 g/mol. The van der Waals surface area contributed by atoms with Gasteiger partial charge in [-0.2, -0.15) is 0 Å². The van der Waals surface area contributed by atoms with E-state index in [1.807, 2.05) is 24.3 Å². The molecule has 4 saturated carbocycles. The van der Waals surface area contributed by atoms with E-state index in [1.54, 1.807) is 7.11 Å². The Bertz CT molecular complexity index is 698.